The van der Waals surface area contributed by atoms with Crippen LogP contribution in [0.5, 0.6) is 0 Å². The average molecular weight is 246 g/mol. The van der Waals surface area contributed by atoms with Gasteiger partial charge >= 0.3 is 0 Å². The van der Waals surface area contributed by atoms with Gasteiger partial charge in [-0.1, -0.05) is 13.0 Å². The molecule has 1 saturated carbocycles. The van der Waals surface area contributed by atoms with Crippen molar-refractivity contribution in [2.24, 2.45) is 5.92 Å². The Bertz CT molecular complexity index is 452. The fourth-order valence-electron chi connectivity index (χ4n) is 2.93. The molecule has 2 heteroatoms. The van der Waals surface area contributed by atoms with Crippen LogP contribution in [0.25, 0.3) is 0 Å². The lowest BCUT2D eigenvalue weighted by Crippen LogP contribution is -2.11. The molecule has 0 N–H and O–H groups in total. The van der Waals surface area contributed by atoms with Crippen LogP contribution < -0.4 is 0 Å². The maximum Gasteiger partial charge on any atom is 0.136 e. The summed E-state index contributed by atoms with van der Waals surface area (Å²) in [5, 5.41) is 0.502. The Labute approximate surface area is 107 Å². The summed E-state index contributed by atoms with van der Waals surface area (Å²) in [5.41, 5.74) is 3.07. The number of benzene rings is 1. The average Bonchev–Trinajstić information content (AvgIpc) is 2.90. The van der Waals surface area contributed by atoms with Gasteiger partial charge in [-0.2, -0.15) is 0 Å². The van der Waals surface area contributed by atoms with Crippen molar-refractivity contribution >= 4 is 17.5 Å². The number of fused-ring (bicyclic) bond motifs is 1. The van der Waals surface area contributed by atoms with E-state index in [-0.39, 0.29) is 5.92 Å². The Morgan fingerprint density at radius 3 is 2.76 bits per heavy atom. The van der Waals surface area contributed by atoms with Gasteiger partial charge in [-0.25, -0.2) is 0 Å². The summed E-state index contributed by atoms with van der Waals surface area (Å²) >= 11 is 1.91. The van der Waals surface area contributed by atoms with Gasteiger partial charge in [0.1, 0.15) is 5.78 Å². The van der Waals surface area contributed by atoms with E-state index >= 15 is 0 Å². The minimum atomic E-state index is 0.244. The first-order valence-corrected chi connectivity index (χ1v) is 7.43. The minimum absolute atomic E-state index is 0.244. The van der Waals surface area contributed by atoms with Crippen molar-refractivity contribution in [1.82, 2.24) is 0 Å². The van der Waals surface area contributed by atoms with E-state index in [2.05, 4.69) is 25.1 Å². The molecule has 1 aromatic rings. The third-order valence-corrected chi connectivity index (χ3v) is 5.57. The number of rotatable bonds is 2. The standard InChI is InChI=1S/C15H18OS/c1-10-14(16)7-8-15(10)17-13-6-5-11-3-2-4-12(11)9-13/h5-6,9-10,15H,2-4,7-8H2,1H3. The molecular weight excluding hydrogens is 228 g/mol. The fraction of sp³-hybridized carbons (Fsp3) is 0.533. The molecule has 0 aromatic heterocycles. The third kappa shape index (κ3) is 2.15. The number of hydrogen-bond donors (Lipinski definition) is 0. The summed E-state index contributed by atoms with van der Waals surface area (Å²) in [6.45, 7) is 2.08. The van der Waals surface area contributed by atoms with Gasteiger partial charge in [0.05, 0.1) is 0 Å². The SMILES string of the molecule is CC1C(=O)CCC1Sc1ccc2c(c1)CCC2. The quantitative estimate of drug-likeness (QED) is 0.792. The van der Waals surface area contributed by atoms with Crippen molar-refractivity contribution in [3.63, 3.8) is 0 Å². The summed E-state index contributed by atoms with van der Waals surface area (Å²) in [6, 6.07) is 6.87. The number of thioether (sulfide) groups is 1. The van der Waals surface area contributed by atoms with E-state index in [1.807, 2.05) is 11.8 Å². The molecule has 0 spiro atoms. The van der Waals surface area contributed by atoms with E-state index in [1.54, 1.807) is 0 Å². The molecule has 1 aromatic carbocycles. The molecule has 2 aliphatic carbocycles. The summed E-state index contributed by atoms with van der Waals surface area (Å²) in [7, 11) is 0. The van der Waals surface area contributed by atoms with Crippen LogP contribution in [0.2, 0.25) is 0 Å². The highest BCUT2D eigenvalue weighted by atomic mass is 32.2. The normalized spacial score (nSPS) is 27.5. The molecular formula is C15H18OS. The van der Waals surface area contributed by atoms with E-state index < -0.39 is 0 Å². The lowest BCUT2D eigenvalue weighted by Gasteiger charge is -2.14. The maximum absolute atomic E-state index is 11.5. The molecule has 1 nitrogen and oxygen atoms in total. The van der Waals surface area contributed by atoms with Crippen LogP contribution in [0, 0.1) is 5.92 Å². The molecule has 2 aliphatic rings. The largest absolute Gasteiger partial charge is 0.299 e. The molecule has 0 bridgehead atoms. The van der Waals surface area contributed by atoms with Crippen LogP contribution in [-0.2, 0) is 17.6 Å². The number of carbonyl (C=O) groups excluding carboxylic acids is 1. The zero-order valence-electron chi connectivity index (χ0n) is 10.2. The third-order valence-electron chi connectivity index (χ3n) is 4.10. The lowest BCUT2D eigenvalue weighted by atomic mass is 10.1. The molecule has 17 heavy (non-hydrogen) atoms. The summed E-state index contributed by atoms with van der Waals surface area (Å²) in [5.74, 6) is 0.692. The van der Waals surface area contributed by atoms with Crippen LogP contribution in [-0.4, -0.2) is 11.0 Å². The Hall–Kier alpha value is -0.760. The number of Topliss-reactive ketones (excluding diaryl/α,β-unsaturated/α-hetero) is 1. The summed E-state index contributed by atoms with van der Waals surface area (Å²) in [6.07, 6.45) is 5.63. The number of hydrogen-bond acceptors (Lipinski definition) is 2. The zero-order valence-corrected chi connectivity index (χ0v) is 11.1. The molecule has 1 fully saturated rings. The predicted molar refractivity (Wildman–Crippen MR) is 71.5 cm³/mol. The highest BCUT2D eigenvalue weighted by Gasteiger charge is 2.31. The lowest BCUT2D eigenvalue weighted by molar-refractivity contribution is -0.120. The molecule has 2 atom stereocenters. The highest BCUT2D eigenvalue weighted by molar-refractivity contribution is 8.00. The van der Waals surface area contributed by atoms with Gasteiger partial charge in [-0.15, -0.1) is 11.8 Å². The van der Waals surface area contributed by atoms with E-state index in [9.17, 15) is 4.79 Å². The second-order valence-corrected chi connectivity index (χ2v) is 6.55. The van der Waals surface area contributed by atoms with Gasteiger partial charge in [0.15, 0.2) is 0 Å². The monoisotopic (exact) mass is 246 g/mol. The van der Waals surface area contributed by atoms with Gasteiger partial charge in [0, 0.05) is 22.5 Å². The summed E-state index contributed by atoms with van der Waals surface area (Å²) in [4.78, 5) is 12.9. The van der Waals surface area contributed by atoms with Crippen molar-refractivity contribution in [2.45, 2.75) is 49.2 Å². The first-order valence-electron chi connectivity index (χ1n) is 6.55. The van der Waals surface area contributed by atoms with Crippen molar-refractivity contribution in [3.05, 3.63) is 29.3 Å². The van der Waals surface area contributed by atoms with E-state index in [1.165, 1.54) is 35.3 Å². The van der Waals surface area contributed by atoms with Crippen molar-refractivity contribution in [2.75, 3.05) is 0 Å². The topological polar surface area (TPSA) is 17.1 Å². The number of carbonyl (C=O) groups is 1. The van der Waals surface area contributed by atoms with Gasteiger partial charge in [-0.05, 0) is 48.9 Å². The molecule has 3 rings (SSSR count). The molecule has 0 amide bonds. The fourth-order valence-corrected chi connectivity index (χ4v) is 4.22. The van der Waals surface area contributed by atoms with Crippen LogP contribution in [0.3, 0.4) is 0 Å². The summed E-state index contributed by atoms with van der Waals surface area (Å²) < 4.78 is 0. The Balaban J connectivity index is 1.75. The van der Waals surface area contributed by atoms with Crippen molar-refractivity contribution < 1.29 is 4.79 Å². The number of aryl methyl sites for hydroxylation is 2. The van der Waals surface area contributed by atoms with E-state index in [0.29, 0.717) is 11.0 Å². The Morgan fingerprint density at radius 1 is 1.18 bits per heavy atom. The van der Waals surface area contributed by atoms with Crippen LogP contribution >= 0.6 is 11.8 Å². The second kappa shape index (κ2) is 4.49. The van der Waals surface area contributed by atoms with Gasteiger partial charge in [-0.3, -0.25) is 4.79 Å². The molecule has 0 saturated heterocycles. The highest BCUT2D eigenvalue weighted by Crippen LogP contribution is 2.38. The van der Waals surface area contributed by atoms with Crippen molar-refractivity contribution in [3.8, 4) is 0 Å². The Kier molecular flexibility index (Phi) is 2.99. The molecule has 0 aliphatic heterocycles. The molecule has 0 radical (unpaired) electrons. The minimum Gasteiger partial charge on any atom is -0.299 e. The maximum atomic E-state index is 11.5. The first kappa shape index (κ1) is 11.3. The van der Waals surface area contributed by atoms with Gasteiger partial charge < -0.3 is 0 Å². The van der Waals surface area contributed by atoms with Crippen molar-refractivity contribution in [1.29, 1.82) is 0 Å². The van der Waals surface area contributed by atoms with E-state index in [0.717, 1.165) is 12.8 Å². The number of ketones is 1. The molecule has 90 valence electrons. The predicted octanol–water partition coefficient (Wildman–Crippen LogP) is 3.64. The molecule has 0 heterocycles. The van der Waals surface area contributed by atoms with Gasteiger partial charge in [0.25, 0.3) is 0 Å². The molecule has 2 unspecified atom stereocenters. The van der Waals surface area contributed by atoms with Gasteiger partial charge in [0.2, 0.25) is 0 Å². The van der Waals surface area contributed by atoms with E-state index in [4.69, 9.17) is 0 Å². The van der Waals surface area contributed by atoms with Crippen LogP contribution in [0.15, 0.2) is 23.1 Å². The first-order chi connectivity index (χ1) is 8.24. The Morgan fingerprint density at radius 2 is 2.00 bits per heavy atom. The second-order valence-electron chi connectivity index (χ2n) is 5.23. The smallest absolute Gasteiger partial charge is 0.136 e. The zero-order chi connectivity index (χ0) is 11.8. The van der Waals surface area contributed by atoms with Crippen LogP contribution in [0.4, 0.5) is 0 Å². The van der Waals surface area contributed by atoms with Crippen LogP contribution in [0.1, 0.15) is 37.3 Å².